The van der Waals surface area contributed by atoms with Crippen LogP contribution in [0.25, 0.3) is 11.3 Å². The third-order valence-electron chi connectivity index (χ3n) is 5.67. The molecule has 1 aromatic heterocycles. The van der Waals surface area contributed by atoms with Crippen LogP contribution in [0.1, 0.15) is 16.8 Å². The van der Waals surface area contributed by atoms with Crippen molar-refractivity contribution >= 4 is 15.9 Å². The van der Waals surface area contributed by atoms with E-state index in [0.29, 0.717) is 11.5 Å². The minimum atomic E-state index is 0.694. The summed E-state index contributed by atoms with van der Waals surface area (Å²) < 4.78 is 23.0. The monoisotopic (exact) mass is 486 g/mol. The van der Waals surface area contributed by atoms with Crippen molar-refractivity contribution in [3.05, 3.63) is 57.7 Å². The van der Waals surface area contributed by atoms with Crippen molar-refractivity contribution in [1.29, 1.82) is 0 Å². The quantitative estimate of drug-likeness (QED) is 0.507. The molecule has 1 aliphatic heterocycles. The van der Waals surface area contributed by atoms with Crippen molar-refractivity contribution in [3.8, 4) is 34.3 Å². The Balaban J connectivity index is 1.54. The van der Waals surface area contributed by atoms with Gasteiger partial charge in [0.05, 0.1) is 28.4 Å². The van der Waals surface area contributed by atoms with E-state index in [1.54, 1.807) is 28.4 Å². The van der Waals surface area contributed by atoms with Gasteiger partial charge in [0, 0.05) is 41.1 Å². The maximum atomic E-state index is 5.62. The van der Waals surface area contributed by atoms with Crippen LogP contribution in [0, 0.1) is 0 Å². The number of ether oxygens (including phenoxy) is 4. The molecule has 164 valence electrons. The molecule has 0 unspecified atom stereocenters. The van der Waals surface area contributed by atoms with Crippen LogP contribution in [0.4, 0.5) is 0 Å². The van der Waals surface area contributed by atoms with Crippen LogP contribution in [-0.2, 0) is 19.5 Å². The van der Waals surface area contributed by atoms with Crippen LogP contribution >= 0.6 is 15.9 Å². The molecule has 0 amide bonds. The molecular weight excluding hydrogens is 460 g/mol. The Labute approximate surface area is 191 Å². The summed E-state index contributed by atoms with van der Waals surface area (Å²) in [6.07, 6.45) is 0.986. The Kier molecular flexibility index (Phi) is 6.43. The minimum Gasteiger partial charge on any atom is -0.493 e. The molecule has 0 fully saturated rings. The van der Waals surface area contributed by atoms with E-state index in [1.165, 1.54) is 11.1 Å². The van der Waals surface area contributed by atoms with E-state index in [1.807, 2.05) is 12.1 Å². The van der Waals surface area contributed by atoms with E-state index in [2.05, 4.69) is 50.1 Å². The van der Waals surface area contributed by atoms with Crippen molar-refractivity contribution in [2.45, 2.75) is 19.5 Å². The number of methoxy groups -OCH3 is 4. The van der Waals surface area contributed by atoms with Crippen molar-refractivity contribution in [2.24, 2.45) is 0 Å². The number of fused-ring (bicyclic) bond motifs is 1. The molecule has 6 nitrogen and oxygen atoms in total. The van der Waals surface area contributed by atoms with Gasteiger partial charge < -0.3 is 23.9 Å². The summed E-state index contributed by atoms with van der Waals surface area (Å²) in [5.41, 5.74) is 5.72. The predicted octanol–water partition coefficient (Wildman–Crippen LogP) is 5.04. The summed E-state index contributed by atoms with van der Waals surface area (Å²) in [7, 11) is 6.66. The van der Waals surface area contributed by atoms with E-state index in [9.17, 15) is 0 Å². The molecule has 0 aliphatic carbocycles. The summed E-state index contributed by atoms with van der Waals surface area (Å²) in [5, 5.41) is 0. The van der Waals surface area contributed by atoms with E-state index in [-0.39, 0.29) is 0 Å². The second kappa shape index (κ2) is 9.24. The number of nitrogens with zero attached hydrogens (tertiary/aromatic N) is 1. The van der Waals surface area contributed by atoms with Gasteiger partial charge in [0.15, 0.2) is 23.0 Å². The lowest BCUT2D eigenvalue weighted by Gasteiger charge is -2.29. The highest BCUT2D eigenvalue weighted by Crippen LogP contribution is 2.40. The third kappa shape index (κ3) is 4.38. The fraction of sp³-hybridized carbons (Fsp3) is 0.333. The topological polar surface area (TPSA) is 56.0 Å². The van der Waals surface area contributed by atoms with Gasteiger partial charge in [-0.25, -0.2) is 0 Å². The molecule has 1 N–H and O–H groups in total. The largest absolute Gasteiger partial charge is 0.493 e. The lowest BCUT2D eigenvalue weighted by molar-refractivity contribution is 0.242. The molecule has 31 heavy (non-hydrogen) atoms. The normalized spacial score (nSPS) is 13.6. The number of nitrogens with one attached hydrogen (secondary N) is 1. The molecule has 2 aromatic carbocycles. The van der Waals surface area contributed by atoms with Crippen LogP contribution in [0.5, 0.6) is 23.0 Å². The fourth-order valence-electron chi connectivity index (χ4n) is 4.14. The summed E-state index contributed by atoms with van der Waals surface area (Å²) in [6, 6.07) is 12.4. The molecule has 0 bridgehead atoms. The lowest BCUT2D eigenvalue weighted by Crippen LogP contribution is -2.30. The minimum absolute atomic E-state index is 0.694. The van der Waals surface area contributed by atoms with Gasteiger partial charge in [-0.05, 0) is 53.9 Å². The second-order valence-corrected chi connectivity index (χ2v) is 8.44. The van der Waals surface area contributed by atoms with E-state index in [0.717, 1.165) is 59.0 Å². The Morgan fingerprint density at radius 3 is 2.26 bits per heavy atom. The van der Waals surface area contributed by atoms with Gasteiger partial charge in [-0.2, -0.15) is 0 Å². The first-order valence-corrected chi connectivity index (χ1v) is 10.9. The standard InChI is InChI=1S/C24H27BrN2O4/c1-28-21-9-15-7-8-27(13-16(15)10-22(21)29-2)14-18-5-6-20(26-18)19-11-17(25)12-23(30-3)24(19)31-4/h5-6,9-12,26H,7-8,13-14H2,1-4H3. The van der Waals surface area contributed by atoms with E-state index < -0.39 is 0 Å². The summed E-state index contributed by atoms with van der Waals surface area (Å²) in [4.78, 5) is 5.99. The number of benzene rings is 2. The van der Waals surface area contributed by atoms with E-state index in [4.69, 9.17) is 18.9 Å². The highest BCUT2D eigenvalue weighted by molar-refractivity contribution is 9.10. The summed E-state index contributed by atoms with van der Waals surface area (Å²) in [6.45, 7) is 2.70. The van der Waals surface area contributed by atoms with Gasteiger partial charge in [0.25, 0.3) is 0 Å². The maximum Gasteiger partial charge on any atom is 0.170 e. The molecule has 0 atom stereocenters. The second-order valence-electron chi connectivity index (χ2n) is 7.52. The molecule has 0 saturated heterocycles. The zero-order valence-corrected chi connectivity index (χ0v) is 19.8. The van der Waals surface area contributed by atoms with Crippen LogP contribution in [0.2, 0.25) is 0 Å². The average Bonchev–Trinajstić information content (AvgIpc) is 3.25. The van der Waals surface area contributed by atoms with Crippen LogP contribution in [0.3, 0.4) is 0 Å². The number of hydrogen-bond acceptors (Lipinski definition) is 5. The first-order valence-electron chi connectivity index (χ1n) is 10.1. The molecule has 4 rings (SSSR count). The highest BCUT2D eigenvalue weighted by atomic mass is 79.9. The van der Waals surface area contributed by atoms with Crippen molar-refractivity contribution < 1.29 is 18.9 Å². The number of aromatic amines is 1. The Hall–Kier alpha value is -2.64. The molecule has 3 aromatic rings. The molecule has 2 heterocycles. The van der Waals surface area contributed by atoms with Crippen LogP contribution < -0.4 is 18.9 Å². The van der Waals surface area contributed by atoms with Crippen molar-refractivity contribution in [2.75, 3.05) is 35.0 Å². The van der Waals surface area contributed by atoms with Gasteiger partial charge in [0.2, 0.25) is 0 Å². The number of hydrogen-bond donors (Lipinski definition) is 1. The van der Waals surface area contributed by atoms with Crippen LogP contribution in [-0.4, -0.2) is 44.9 Å². The average molecular weight is 487 g/mol. The van der Waals surface area contributed by atoms with Gasteiger partial charge in [-0.1, -0.05) is 15.9 Å². The number of halogens is 1. The Morgan fingerprint density at radius 1 is 0.871 bits per heavy atom. The third-order valence-corrected chi connectivity index (χ3v) is 6.13. The van der Waals surface area contributed by atoms with Gasteiger partial charge in [-0.3, -0.25) is 4.90 Å². The first kappa shape index (κ1) is 21.6. The fourth-order valence-corrected chi connectivity index (χ4v) is 4.57. The van der Waals surface area contributed by atoms with Gasteiger partial charge in [0.1, 0.15) is 0 Å². The zero-order chi connectivity index (χ0) is 22.0. The highest BCUT2D eigenvalue weighted by Gasteiger charge is 2.21. The Bertz CT molecular complexity index is 1080. The molecule has 0 radical (unpaired) electrons. The smallest absolute Gasteiger partial charge is 0.170 e. The zero-order valence-electron chi connectivity index (χ0n) is 18.3. The molecule has 1 aliphatic rings. The molecule has 0 saturated carbocycles. The summed E-state index contributed by atoms with van der Waals surface area (Å²) >= 11 is 3.56. The Morgan fingerprint density at radius 2 is 1.58 bits per heavy atom. The number of aromatic nitrogens is 1. The maximum absolute atomic E-state index is 5.62. The molecule has 0 spiro atoms. The lowest BCUT2D eigenvalue weighted by atomic mass is 9.98. The van der Waals surface area contributed by atoms with Gasteiger partial charge >= 0.3 is 0 Å². The van der Waals surface area contributed by atoms with Crippen molar-refractivity contribution in [1.82, 2.24) is 9.88 Å². The predicted molar refractivity (Wildman–Crippen MR) is 124 cm³/mol. The van der Waals surface area contributed by atoms with Gasteiger partial charge in [-0.15, -0.1) is 0 Å². The summed E-state index contributed by atoms with van der Waals surface area (Å²) in [5.74, 6) is 2.98. The SMILES string of the molecule is COc1cc2c(cc1OC)CN(Cc1ccc(-c3cc(Br)cc(OC)c3OC)[nH]1)CC2. The molecular formula is C24H27BrN2O4. The molecule has 7 heteroatoms. The number of H-pyrrole nitrogens is 1. The van der Waals surface area contributed by atoms with Crippen LogP contribution in [0.15, 0.2) is 40.9 Å². The number of rotatable bonds is 7. The van der Waals surface area contributed by atoms with Crippen molar-refractivity contribution in [3.63, 3.8) is 0 Å². The van der Waals surface area contributed by atoms with E-state index >= 15 is 0 Å². The first-order chi connectivity index (χ1) is 15.1.